The lowest BCUT2D eigenvalue weighted by atomic mass is 9.81. The summed E-state index contributed by atoms with van der Waals surface area (Å²) < 4.78 is 1.11. The second kappa shape index (κ2) is 6.04. The van der Waals surface area contributed by atoms with E-state index in [0.717, 1.165) is 36.7 Å². The molecule has 3 nitrogen and oxygen atoms in total. The normalized spacial score (nSPS) is 27.2. The van der Waals surface area contributed by atoms with Gasteiger partial charge in [-0.05, 0) is 50.4 Å². The summed E-state index contributed by atoms with van der Waals surface area (Å²) in [5.74, 6) is 0. The summed E-state index contributed by atoms with van der Waals surface area (Å²) >= 11 is 3.45. The Morgan fingerprint density at radius 2 is 1.95 bits per heavy atom. The minimum Gasteiger partial charge on any atom is -0.313 e. The van der Waals surface area contributed by atoms with Crippen molar-refractivity contribution in [2.75, 3.05) is 7.05 Å². The van der Waals surface area contributed by atoms with Crippen molar-refractivity contribution in [3.05, 3.63) is 34.3 Å². The number of rotatable bonds is 3. The van der Waals surface area contributed by atoms with Crippen LogP contribution < -0.4 is 5.73 Å². The molecule has 2 rings (SSSR count). The van der Waals surface area contributed by atoms with Crippen molar-refractivity contribution in [2.45, 2.75) is 43.8 Å². The van der Waals surface area contributed by atoms with Crippen molar-refractivity contribution in [1.29, 1.82) is 5.26 Å². The van der Waals surface area contributed by atoms with Crippen LogP contribution in [-0.4, -0.2) is 23.5 Å². The van der Waals surface area contributed by atoms with Gasteiger partial charge in [0.25, 0.3) is 0 Å². The number of benzene rings is 1. The summed E-state index contributed by atoms with van der Waals surface area (Å²) in [4.78, 5) is 2.38. The van der Waals surface area contributed by atoms with Crippen molar-refractivity contribution >= 4 is 15.9 Å². The second-order valence-corrected chi connectivity index (χ2v) is 6.46. The molecular formula is C15H20BrN3. The van der Waals surface area contributed by atoms with Crippen LogP contribution >= 0.6 is 15.9 Å². The van der Waals surface area contributed by atoms with E-state index in [0.29, 0.717) is 6.04 Å². The van der Waals surface area contributed by atoms with Gasteiger partial charge in [0.15, 0.2) is 0 Å². The fourth-order valence-electron chi connectivity index (χ4n) is 2.68. The summed E-state index contributed by atoms with van der Waals surface area (Å²) in [6.07, 6.45) is 3.63. The van der Waals surface area contributed by atoms with Gasteiger partial charge in [0.05, 0.1) is 6.07 Å². The van der Waals surface area contributed by atoms with Crippen LogP contribution in [0.3, 0.4) is 0 Å². The SMILES string of the molecule is CN(Cc1ccc(Br)cc1)C1CCC(N)(C#N)CC1. The van der Waals surface area contributed by atoms with Gasteiger partial charge in [-0.1, -0.05) is 28.1 Å². The molecule has 0 unspecified atom stereocenters. The van der Waals surface area contributed by atoms with Gasteiger partial charge < -0.3 is 5.73 Å². The van der Waals surface area contributed by atoms with Crippen LogP contribution in [0.5, 0.6) is 0 Å². The Morgan fingerprint density at radius 1 is 1.37 bits per heavy atom. The van der Waals surface area contributed by atoms with E-state index < -0.39 is 5.54 Å². The van der Waals surface area contributed by atoms with Crippen LogP contribution in [0.4, 0.5) is 0 Å². The molecule has 0 amide bonds. The molecule has 1 aliphatic rings. The summed E-state index contributed by atoms with van der Waals surface area (Å²) in [6.45, 7) is 0.946. The number of hydrogen-bond acceptors (Lipinski definition) is 3. The van der Waals surface area contributed by atoms with Gasteiger partial charge in [-0.3, -0.25) is 4.90 Å². The maximum Gasteiger partial charge on any atom is 0.104 e. The third-order valence-corrected chi connectivity index (χ3v) is 4.57. The van der Waals surface area contributed by atoms with Crippen molar-refractivity contribution in [2.24, 2.45) is 5.73 Å². The predicted molar refractivity (Wildman–Crippen MR) is 80.4 cm³/mol. The van der Waals surface area contributed by atoms with E-state index in [2.05, 4.69) is 58.2 Å². The minimum atomic E-state index is -0.588. The maximum absolute atomic E-state index is 9.04. The molecule has 1 fully saturated rings. The van der Waals surface area contributed by atoms with Crippen molar-refractivity contribution < 1.29 is 0 Å². The van der Waals surface area contributed by atoms with Crippen LogP contribution in [-0.2, 0) is 6.54 Å². The Bertz CT molecular complexity index is 455. The van der Waals surface area contributed by atoms with E-state index in [1.54, 1.807) is 0 Å². The lowest BCUT2D eigenvalue weighted by Crippen LogP contribution is -2.46. The van der Waals surface area contributed by atoms with Crippen molar-refractivity contribution in [1.82, 2.24) is 4.90 Å². The van der Waals surface area contributed by atoms with E-state index in [1.165, 1.54) is 5.56 Å². The van der Waals surface area contributed by atoms with E-state index in [4.69, 9.17) is 11.0 Å². The smallest absolute Gasteiger partial charge is 0.104 e. The Balaban J connectivity index is 1.90. The van der Waals surface area contributed by atoms with Gasteiger partial charge in [0.1, 0.15) is 5.54 Å². The van der Waals surface area contributed by atoms with Gasteiger partial charge in [0.2, 0.25) is 0 Å². The van der Waals surface area contributed by atoms with E-state index >= 15 is 0 Å². The molecule has 4 heteroatoms. The molecule has 0 aliphatic heterocycles. The Kier molecular flexibility index (Phi) is 4.62. The summed E-state index contributed by atoms with van der Waals surface area (Å²) in [6, 6.07) is 11.2. The third kappa shape index (κ3) is 3.79. The first-order chi connectivity index (χ1) is 9.02. The quantitative estimate of drug-likeness (QED) is 0.930. The molecule has 0 spiro atoms. The lowest BCUT2D eigenvalue weighted by molar-refractivity contribution is 0.161. The largest absolute Gasteiger partial charge is 0.313 e. The van der Waals surface area contributed by atoms with Crippen LogP contribution in [0, 0.1) is 11.3 Å². The molecule has 1 aromatic carbocycles. The third-order valence-electron chi connectivity index (χ3n) is 4.04. The van der Waals surface area contributed by atoms with E-state index in [1.807, 2.05) is 0 Å². The first kappa shape index (κ1) is 14.5. The lowest BCUT2D eigenvalue weighted by Gasteiger charge is -2.36. The van der Waals surface area contributed by atoms with E-state index in [-0.39, 0.29) is 0 Å². The summed E-state index contributed by atoms with van der Waals surface area (Å²) in [5.41, 5.74) is 6.73. The molecule has 1 aromatic rings. The van der Waals surface area contributed by atoms with Crippen LogP contribution in [0.2, 0.25) is 0 Å². The molecule has 1 saturated carbocycles. The number of hydrogen-bond donors (Lipinski definition) is 1. The Morgan fingerprint density at radius 3 is 2.47 bits per heavy atom. The minimum absolute atomic E-state index is 0.536. The zero-order valence-electron chi connectivity index (χ0n) is 11.3. The highest BCUT2D eigenvalue weighted by atomic mass is 79.9. The molecule has 102 valence electrons. The maximum atomic E-state index is 9.04. The molecule has 2 N–H and O–H groups in total. The zero-order valence-corrected chi connectivity index (χ0v) is 12.9. The number of halogens is 1. The molecule has 1 aliphatic carbocycles. The van der Waals surface area contributed by atoms with Crippen molar-refractivity contribution in [3.63, 3.8) is 0 Å². The standard InChI is InChI=1S/C15H20BrN3/c1-19(10-12-2-4-13(16)5-3-12)14-6-8-15(18,11-17)9-7-14/h2-5,14H,6-10,18H2,1H3. The van der Waals surface area contributed by atoms with Gasteiger partial charge in [-0.15, -0.1) is 0 Å². The van der Waals surface area contributed by atoms with Crippen LogP contribution in [0.1, 0.15) is 31.2 Å². The zero-order chi connectivity index (χ0) is 13.9. The van der Waals surface area contributed by atoms with Gasteiger partial charge in [-0.25, -0.2) is 0 Å². The van der Waals surface area contributed by atoms with E-state index in [9.17, 15) is 0 Å². The molecule has 0 bridgehead atoms. The van der Waals surface area contributed by atoms with Crippen LogP contribution in [0.15, 0.2) is 28.7 Å². The number of nitriles is 1. The summed E-state index contributed by atoms with van der Waals surface area (Å²) in [5, 5.41) is 9.04. The fraction of sp³-hybridized carbons (Fsp3) is 0.533. The van der Waals surface area contributed by atoms with Crippen LogP contribution in [0.25, 0.3) is 0 Å². The summed E-state index contributed by atoms with van der Waals surface area (Å²) in [7, 11) is 2.16. The van der Waals surface area contributed by atoms with Gasteiger partial charge >= 0.3 is 0 Å². The highest BCUT2D eigenvalue weighted by molar-refractivity contribution is 9.10. The molecule has 19 heavy (non-hydrogen) atoms. The Labute approximate surface area is 123 Å². The predicted octanol–water partition coefficient (Wildman–Crippen LogP) is 3.04. The Hall–Kier alpha value is -0.890. The average molecular weight is 322 g/mol. The topological polar surface area (TPSA) is 53.0 Å². The first-order valence-electron chi connectivity index (χ1n) is 6.67. The first-order valence-corrected chi connectivity index (χ1v) is 7.46. The molecule has 0 heterocycles. The number of nitrogens with zero attached hydrogens (tertiary/aromatic N) is 2. The number of nitrogens with two attached hydrogens (primary N) is 1. The average Bonchev–Trinajstić information content (AvgIpc) is 2.42. The highest BCUT2D eigenvalue weighted by Gasteiger charge is 2.32. The molecule has 0 radical (unpaired) electrons. The van der Waals surface area contributed by atoms with Gasteiger partial charge in [-0.2, -0.15) is 5.26 Å². The van der Waals surface area contributed by atoms with Crippen molar-refractivity contribution in [3.8, 4) is 6.07 Å². The molecular weight excluding hydrogens is 302 g/mol. The second-order valence-electron chi connectivity index (χ2n) is 5.54. The van der Waals surface area contributed by atoms with Gasteiger partial charge in [0, 0.05) is 17.1 Å². The molecule has 0 aromatic heterocycles. The molecule has 0 atom stereocenters. The molecule has 0 saturated heterocycles. The fourth-order valence-corrected chi connectivity index (χ4v) is 2.94. The monoisotopic (exact) mass is 321 g/mol. The highest BCUT2D eigenvalue weighted by Crippen LogP contribution is 2.29.